The molecule has 6 nitrogen and oxygen atoms in total. The summed E-state index contributed by atoms with van der Waals surface area (Å²) >= 11 is 0. The maximum Gasteiger partial charge on any atom is 0.276 e. The molecule has 2 rings (SSSR count). The molecule has 1 unspecified atom stereocenters. The lowest BCUT2D eigenvalue weighted by molar-refractivity contribution is 0.0770. The number of hydrogen-bond donors (Lipinski definition) is 1. The van der Waals surface area contributed by atoms with Gasteiger partial charge in [0.2, 0.25) is 0 Å². The van der Waals surface area contributed by atoms with Gasteiger partial charge in [-0.1, -0.05) is 26.0 Å². The fraction of sp³-hybridized carbons (Fsp3) is 0.769. The number of nitrogens with zero attached hydrogens (tertiary/aromatic N) is 4. The fourth-order valence-corrected chi connectivity index (χ4v) is 2.45. The van der Waals surface area contributed by atoms with E-state index in [1.165, 1.54) is 0 Å². The Labute approximate surface area is 113 Å². The van der Waals surface area contributed by atoms with Gasteiger partial charge in [0, 0.05) is 19.6 Å². The van der Waals surface area contributed by atoms with E-state index in [2.05, 4.69) is 31.1 Å². The molecular weight excluding hydrogens is 242 g/mol. The van der Waals surface area contributed by atoms with Crippen LogP contribution in [0.2, 0.25) is 0 Å². The molecule has 0 spiro atoms. The van der Waals surface area contributed by atoms with Gasteiger partial charge in [-0.3, -0.25) is 9.48 Å². The van der Waals surface area contributed by atoms with Crippen LogP contribution in [-0.4, -0.2) is 45.4 Å². The second-order valence-electron chi connectivity index (χ2n) is 6.26. The minimum atomic E-state index is -0.0185. The molecule has 0 saturated carbocycles. The Hall–Kier alpha value is -1.43. The fourth-order valence-electron chi connectivity index (χ4n) is 2.45. The highest BCUT2D eigenvalue weighted by Crippen LogP contribution is 2.33. The number of carbonyl (C=O) groups is 1. The van der Waals surface area contributed by atoms with Crippen LogP contribution in [0.3, 0.4) is 0 Å². The third kappa shape index (κ3) is 3.12. The van der Waals surface area contributed by atoms with E-state index >= 15 is 0 Å². The van der Waals surface area contributed by atoms with Gasteiger partial charge in [-0.05, 0) is 17.8 Å². The van der Waals surface area contributed by atoms with Crippen molar-refractivity contribution in [1.29, 1.82) is 0 Å². The molecule has 0 aliphatic carbocycles. The van der Waals surface area contributed by atoms with Crippen molar-refractivity contribution >= 4 is 5.91 Å². The second-order valence-corrected chi connectivity index (χ2v) is 6.26. The van der Waals surface area contributed by atoms with Crippen LogP contribution in [0.4, 0.5) is 0 Å². The van der Waals surface area contributed by atoms with Crippen LogP contribution in [-0.2, 0) is 6.54 Å². The van der Waals surface area contributed by atoms with E-state index in [9.17, 15) is 4.79 Å². The molecule has 19 heavy (non-hydrogen) atoms. The average molecular weight is 265 g/mol. The van der Waals surface area contributed by atoms with Crippen LogP contribution in [0.5, 0.6) is 0 Å². The molecule has 1 aromatic rings. The molecule has 1 saturated heterocycles. The lowest BCUT2D eigenvalue weighted by atomic mass is 9.80. The summed E-state index contributed by atoms with van der Waals surface area (Å²) in [4.78, 5) is 14.2. The number of rotatable bonds is 3. The Morgan fingerprint density at radius 3 is 2.84 bits per heavy atom. The zero-order valence-electron chi connectivity index (χ0n) is 12.0. The standard InChI is InChI=1S/C13H23N5O/c1-13(2,3)10-4-6-17(8-10)12(19)11-9-18(7-5-14)16-15-11/h9-10H,4-8,14H2,1-3H3. The number of aromatic nitrogens is 3. The largest absolute Gasteiger partial charge is 0.337 e. The van der Waals surface area contributed by atoms with E-state index in [0.717, 1.165) is 19.5 Å². The Kier molecular flexibility index (Phi) is 3.89. The summed E-state index contributed by atoms with van der Waals surface area (Å²) < 4.78 is 1.62. The summed E-state index contributed by atoms with van der Waals surface area (Å²) in [5.41, 5.74) is 6.11. The van der Waals surface area contributed by atoms with Crippen LogP contribution in [0, 0.1) is 11.3 Å². The number of likely N-dealkylation sites (tertiary alicyclic amines) is 1. The quantitative estimate of drug-likeness (QED) is 0.874. The average Bonchev–Trinajstić information content (AvgIpc) is 2.96. The predicted molar refractivity (Wildman–Crippen MR) is 72.5 cm³/mol. The van der Waals surface area contributed by atoms with Crippen LogP contribution in [0.1, 0.15) is 37.7 Å². The van der Waals surface area contributed by atoms with Crippen LogP contribution in [0.25, 0.3) is 0 Å². The second kappa shape index (κ2) is 5.28. The molecule has 1 aliphatic rings. The van der Waals surface area contributed by atoms with Crippen LogP contribution < -0.4 is 5.73 Å². The van der Waals surface area contributed by atoms with Gasteiger partial charge < -0.3 is 10.6 Å². The molecule has 0 aromatic carbocycles. The van der Waals surface area contributed by atoms with Crippen molar-refractivity contribution in [2.45, 2.75) is 33.7 Å². The van der Waals surface area contributed by atoms with Gasteiger partial charge in [0.25, 0.3) is 5.91 Å². The van der Waals surface area contributed by atoms with E-state index < -0.39 is 0 Å². The molecule has 0 bridgehead atoms. The van der Waals surface area contributed by atoms with E-state index in [4.69, 9.17) is 5.73 Å². The topological polar surface area (TPSA) is 77.0 Å². The molecule has 1 aliphatic heterocycles. The first-order valence-corrected chi connectivity index (χ1v) is 6.81. The molecule has 106 valence electrons. The normalized spacial score (nSPS) is 20.0. The Morgan fingerprint density at radius 1 is 1.53 bits per heavy atom. The van der Waals surface area contributed by atoms with Gasteiger partial charge in [-0.15, -0.1) is 5.10 Å². The van der Waals surface area contributed by atoms with Crippen molar-refractivity contribution in [3.05, 3.63) is 11.9 Å². The highest BCUT2D eigenvalue weighted by Gasteiger charge is 2.34. The lowest BCUT2D eigenvalue weighted by Gasteiger charge is -2.26. The minimum Gasteiger partial charge on any atom is -0.337 e. The van der Waals surface area contributed by atoms with Gasteiger partial charge >= 0.3 is 0 Å². The molecule has 1 amide bonds. The summed E-state index contributed by atoms with van der Waals surface area (Å²) in [7, 11) is 0. The van der Waals surface area contributed by atoms with E-state index in [1.807, 2.05) is 4.90 Å². The monoisotopic (exact) mass is 265 g/mol. The van der Waals surface area contributed by atoms with Crippen LogP contribution in [0.15, 0.2) is 6.20 Å². The van der Waals surface area contributed by atoms with Crippen molar-refractivity contribution in [3.8, 4) is 0 Å². The summed E-state index contributed by atoms with van der Waals surface area (Å²) in [6.45, 7) is 9.38. The first-order valence-electron chi connectivity index (χ1n) is 6.81. The highest BCUT2D eigenvalue weighted by molar-refractivity contribution is 5.92. The van der Waals surface area contributed by atoms with Crippen LogP contribution >= 0.6 is 0 Å². The van der Waals surface area contributed by atoms with E-state index in [1.54, 1.807) is 10.9 Å². The van der Waals surface area contributed by atoms with Gasteiger partial charge in [-0.25, -0.2) is 0 Å². The molecule has 6 heteroatoms. The van der Waals surface area contributed by atoms with Gasteiger partial charge in [0.15, 0.2) is 5.69 Å². The first-order chi connectivity index (χ1) is 8.91. The number of hydrogen-bond acceptors (Lipinski definition) is 4. The number of carbonyl (C=O) groups excluding carboxylic acids is 1. The molecule has 1 atom stereocenters. The molecule has 2 N–H and O–H groups in total. The SMILES string of the molecule is CC(C)(C)C1CCN(C(=O)c2cn(CCN)nn2)C1. The zero-order chi connectivity index (χ0) is 14.0. The van der Waals surface area contributed by atoms with E-state index in [-0.39, 0.29) is 11.3 Å². The summed E-state index contributed by atoms with van der Waals surface area (Å²) in [5, 5.41) is 7.84. The number of amides is 1. The van der Waals surface area contributed by atoms with E-state index in [0.29, 0.717) is 24.7 Å². The smallest absolute Gasteiger partial charge is 0.276 e. The van der Waals surface area contributed by atoms with Crippen molar-refractivity contribution in [2.24, 2.45) is 17.1 Å². The Balaban J connectivity index is 2.00. The third-order valence-electron chi connectivity index (χ3n) is 3.82. The Bertz CT molecular complexity index is 448. The predicted octanol–water partition coefficient (Wildman–Crippen LogP) is 0.745. The van der Waals surface area contributed by atoms with Crippen molar-refractivity contribution in [1.82, 2.24) is 19.9 Å². The summed E-state index contributed by atoms with van der Waals surface area (Å²) in [6.07, 6.45) is 2.74. The molecule has 1 fully saturated rings. The molecule has 2 heterocycles. The van der Waals surface area contributed by atoms with Gasteiger partial charge in [-0.2, -0.15) is 0 Å². The zero-order valence-corrected chi connectivity index (χ0v) is 12.0. The Morgan fingerprint density at radius 2 is 2.26 bits per heavy atom. The molecular formula is C13H23N5O. The minimum absolute atomic E-state index is 0.0185. The lowest BCUT2D eigenvalue weighted by Crippen LogP contribution is -2.31. The third-order valence-corrected chi connectivity index (χ3v) is 3.82. The molecule has 0 radical (unpaired) electrons. The summed E-state index contributed by atoms with van der Waals surface area (Å²) in [6, 6.07) is 0. The maximum absolute atomic E-state index is 12.3. The number of nitrogens with two attached hydrogens (primary N) is 1. The molecule has 1 aromatic heterocycles. The highest BCUT2D eigenvalue weighted by atomic mass is 16.2. The van der Waals surface area contributed by atoms with Crippen molar-refractivity contribution in [3.63, 3.8) is 0 Å². The maximum atomic E-state index is 12.3. The summed E-state index contributed by atoms with van der Waals surface area (Å²) in [5.74, 6) is 0.533. The first kappa shape index (κ1) is 14.0. The van der Waals surface area contributed by atoms with Gasteiger partial charge in [0.05, 0.1) is 12.7 Å². The van der Waals surface area contributed by atoms with Gasteiger partial charge in [0.1, 0.15) is 0 Å². The van der Waals surface area contributed by atoms with Crippen molar-refractivity contribution in [2.75, 3.05) is 19.6 Å². The van der Waals surface area contributed by atoms with Crippen molar-refractivity contribution < 1.29 is 4.79 Å².